The van der Waals surface area contributed by atoms with Crippen LogP contribution in [0.1, 0.15) is 61.8 Å². The van der Waals surface area contributed by atoms with Gasteiger partial charge in [0.15, 0.2) is 45.9 Å². The quantitative estimate of drug-likeness (QED) is 0.0297. The van der Waals surface area contributed by atoms with E-state index in [4.69, 9.17) is 19.9 Å². The average molecular weight is 1980 g/mol. The van der Waals surface area contributed by atoms with Gasteiger partial charge in [-0.25, -0.2) is 57.4 Å². The van der Waals surface area contributed by atoms with E-state index in [1.165, 1.54) is 42.5 Å². The minimum Gasteiger partial charge on any atom is -0.335 e. The predicted molar refractivity (Wildman–Crippen MR) is 560 cm³/mol. The maximum Gasteiger partial charge on any atom is 0.226 e. The zero-order valence-electron chi connectivity index (χ0n) is 80.5. The number of fused-ring (bicyclic) bond motifs is 8. The second-order valence-corrected chi connectivity index (χ2v) is 36.4. The average Bonchev–Trinajstić information content (AvgIpc) is 1.62. The first-order valence-electron chi connectivity index (χ1n) is 47.1. The Morgan fingerprint density at radius 3 is 0.899 bits per heavy atom. The van der Waals surface area contributed by atoms with E-state index in [9.17, 15) is 36.7 Å². The number of amides is 4. The molecule has 0 saturated carbocycles. The van der Waals surface area contributed by atoms with E-state index in [0.29, 0.717) is 153 Å². The maximum absolute atomic E-state index is 14.5. The Kier molecular flexibility index (Phi) is 26.1. The summed E-state index contributed by atoms with van der Waals surface area (Å²) in [5.41, 5.74) is 24.8. The first-order chi connectivity index (χ1) is 72.3. The molecule has 4 amide bonds. The summed E-state index contributed by atoms with van der Waals surface area (Å²) in [4.78, 5) is 133. The molecule has 40 heteroatoms. The summed E-state index contributed by atoms with van der Waals surface area (Å²) < 4.78 is 55.3. The van der Waals surface area contributed by atoms with Crippen LogP contribution in [0.15, 0.2) is 270 Å². The monoisotopic (exact) mass is 1980 g/mol. The van der Waals surface area contributed by atoms with Gasteiger partial charge in [-0.1, -0.05) is 110 Å². The van der Waals surface area contributed by atoms with Crippen molar-refractivity contribution in [2.24, 2.45) is 23.7 Å². The first-order valence-corrected chi connectivity index (χ1v) is 47.1. The van der Waals surface area contributed by atoms with Crippen LogP contribution in [0.3, 0.4) is 0 Å². The molecule has 0 aliphatic carbocycles. The van der Waals surface area contributed by atoms with Gasteiger partial charge in [-0.2, -0.15) is 20.4 Å². The second kappa shape index (κ2) is 40.8. The van der Waals surface area contributed by atoms with Crippen molar-refractivity contribution >= 4 is 135 Å². The van der Waals surface area contributed by atoms with Gasteiger partial charge in [-0.15, -0.1) is 0 Å². The lowest BCUT2D eigenvalue weighted by Gasteiger charge is -2.09. The van der Waals surface area contributed by atoms with Crippen LogP contribution in [-0.2, 0) is 19.2 Å². The topological polar surface area (TPSA) is 501 Å². The molecule has 0 fully saturated rings. The maximum atomic E-state index is 14.5. The van der Waals surface area contributed by atoms with Crippen molar-refractivity contribution in [3.05, 3.63) is 293 Å². The number of benzene rings is 4. The van der Waals surface area contributed by atoms with Crippen molar-refractivity contribution in [2.45, 2.75) is 61.8 Å². The van der Waals surface area contributed by atoms with Crippen molar-refractivity contribution in [1.29, 1.82) is 0 Å². The molecule has 0 bridgehead atoms. The molecule has 734 valence electrons. The van der Waals surface area contributed by atoms with Crippen molar-refractivity contribution in [3.63, 3.8) is 0 Å². The molecule has 0 unspecified atom stereocenters. The number of halogens is 4. The van der Waals surface area contributed by atoms with Gasteiger partial charge in [0, 0.05) is 171 Å². The molecule has 149 heavy (non-hydrogen) atoms. The fraction of sp³-hybridized carbons (Fsp3) is 0.119. The molecule has 24 rings (SSSR count). The Balaban J connectivity index is 0.000000116. The molecule has 12 N–H and O–H groups in total. The predicted octanol–water partition coefficient (Wildman–Crippen LogP) is 21.8. The second-order valence-electron chi connectivity index (χ2n) is 36.4. The lowest BCUT2D eigenvalue weighted by molar-refractivity contribution is -0.119. The van der Waals surface area contributed by atoms with E-state index in [-0.39, 0.29) is 70.6 Å². The van der Waals surface area contributed by atoms with Crippen LogP contribution < -0.4 is 21.3 Å². The van der Waals surface area contributed by atoms with Gasteiger partial charge in [-0.05, 0) is 114 Å². The summed E-state index contributed by atoms with van der Waals surface area (Å²) in [6.45, 7) is 15.0. The van der Waals surface area contributed by atoms with Gasteiger partial charge in [0.2, 0.25) is 23.6 Å². The number of carbonyl (C=O) groups excluding carboxylic acids is 4. The molecule has 0 radical (unpaired) electrons. The molecule has 24 aromatic rings. The van der Waals surface area contributed by atoms with Crippen LogP contribution in [0.2, 0.25) is 0 Å². The lowest BCUT2D eigenvalue weighted by atomic mass is 10.1. The van der Waals surface area contributed by atoms with Gasteiger partial charge in [0.05, 0.1) is 132 Å². The van der Waals surface area contributed by atoms with E-state index in [1.54, 1.807) is 172 Å². The molecule has 0 spiro atoms. The van der Waals surface area contributed by atoms with Crippen LogP contribution in [0.4, 0.5) is 40.3 Å². The van der Waals surface area contributed by atoms with Gasteiger partial charge < -0.3 is 41.2 Å². The summed E-state index contributed by atoms with van der Waals surface area (Å²) in [5, 5.41) is 44.0. The molecule has 20 aromatic heterocycles. The molecule has 4 aromatic carbocycles. The van der Waals surface area contributed by atoms with E-state index >= 15 is 0 Å². The number of aromatic nitrogens is 28. The zero-order chi connectivity index (χ0) is 103. The smallest absolute Gasteiger partial charge is 0.226 e. The minimum atomic E-state index is -0.345. The molecule has 0 aliphatic heterocycles. The normalized spacial score (nSPS) is 11.5. The third-order valence-electron chi connectivity index (χ3n) is 24.3. The van der Waals surface area contributed by atoms with Gasteiger partial charge in [0.25, 0.3) is 0 Å². The Morgan fingerprint density at radius 2 is 0.577 bits per heavy atom. The Bertz CT molecular complexity index is 9240. The third-order valence-corrected chi connectivity index (χ3v) is 24.3. The molecule has 36 nitrogen and oxygen atoms in total. The summed E-state index contributed by atoms with van der Waals surface area (Å²) in [7, 11) is 0. The van der Waals surface area contributed by atoms with Crippen molar-refractivity contribution in [1.82, 2.24) is 140 Å². The number of hydrogen-bond donors (Lipinski definition) is 12. The summed E-state index contributed by atoms with van der Waals surface area (Å²) in [5.74, 6) is 0.483. The van der Waals surface area contributed by atoms with Crippen LogP contribution in [0.5, 0.6) is 0 Å². The number of nitrogens with zero attached hydrogens (tertiary/aromatic N) is 20. The van der Waals surface area contributed by atoms with Gasteiger partial charge in [0.1, 0.15) is 51.6 Å². The molecule has 20 heterocycles. The SMILES string of the molecule is CC(C)C(=O)Nc1cncc(-c2cnc3n[nH]c(-c4nc5c(-c6ccc(F)cc6)cncc5[nH]4)c3c2)c1.CC(C)C(=O)Nc1cncc(-c2cnc3n[nH]c(-c4nc5c(-c6cccc(F)c6)cncc5[nH]4)c3c2)c1.CC(C)C(=O)Nc1cncc(-c2cnc3n[nH]c(-c4nc5c(-c6ccccc6F)cncc5[nH]4)c3c2)c1.CC(C)CC(=O)Nc1cncc(-c2cnc3n[nH]c(-c4nc5c(-c6ccc(F)cc6)cncc5[nH]4)c3c2)c1. The number of H-pyrrole nitrogens is 8. The number of pyridine rings is 12. The minimum absolute atomic E-state index is 0.0518. The Labute approximate surface area is 841 Å². The summed E-state index contributed by atoms with van der Waals surface area (Å²) in [6.07, 6.45) is 34.0. The Morgan fingerprint density at radius 1 is 0.275 bits per heavy atom. The fourth-order valence-corrected chi connectivity index (χ4v) is 16.7. The molecule has 0 atom stereocenters. The lowest BCUT2D eigenvalue weighted by Crippen LogP contribution is -2.17. The molecule has 0 aliphatic rings. The third kappa shape index (κ3) is 20.2. The van der Waals surface area contributed by atoms with Crippen LogP contribution in [0.25, 0.3) is 223 Å². The number of nitrogens with one attached hydrogen (secondary N) is 12. The van der Waals surface area contributed by atoms with Crippen molar-refractivity contribution in [2.75, 3.05) is 21.3 Å². The molecule has 0 saturated heterocycles. The first kappa shape index (κ1) is 95.2. The van der Waals surface area contributed by atoms with Crippen molar-refractivity contribution in [3.8, 4) is 135 Å². The van der Waals surface area contributed by atoms with E-state index < -0.39 is 0 Å². The highest BCUT2D eigenvalue weighted by atomic mass is 19.1. The van der Waals surface area contributed by atoms with E-state index in [2.05, 4.69) is 142 Å². The number of carbonyl (C=O) groups is 4. The van der Waals surface area contributed by atoms with E-state index in [1.807, 2.05) is 110 Å². The molecular weight excluding hydrogens is 1900 g/mol. The van der Waals surface area contributed by atoms with Gasteiger partial charge in [-0.3, -0.25) is 79.4 Å². The number of hydrogen-bond acceptors (Lipinski definition) is 24. The fourth-order valence-electron chi connectivity index (χ4n) is 16.7. The summed E-state index contributed by atoms with van der Waals surface area (Å²) >= 11 is 0. The number of anilines is 4. The van der Waals surface area contributed by atoms with Crippen LogP contribution >= 0.6 is 0 Å². The van der Waals surface area contributed by atoms with Crippen molar-refractivity contribution < 1.29 is 36.7 Å². The highest BCUT2D eigenvalue weighted by Gasteiger charge is 2.26. The standard InChI is InChI=1S/C28H23FN8O.3C27H21FN8O/c1-15(2)7-24(38)33-20-8-17(10-30-12-20)18-9-21-26(36-37-27(21)32-11-18)28-34-23-14-31-13-22(25(23)35-28)16-3-5-19(29)6-4-16;1-14(2)27(37)32-19-7-16(9-29-11-19)17-8-20-24(35-36-25(20)31-10-17)26-33-22-13-30-12-21(23(22)34-26)15-3-5-18(28)6-4-15;1-14(2)27(37)32-19-7-16(9-29-11-19)17-8-20-24(35-36-25(20)31-10-17)26-33-22-13-30-12-21(23(22)34-26)15-4-3-5-18(28)6-15;1-14(2)27(37)32-17-7-15(9-29-11-17)16-8-19-24(35-36-25(19)31-10-16)26-33-22-13-30-12-20(23(22)34-26)18-5-3-4-6-21(18)28/h3-6,8-15H,7H2,1-2H3,(H,33,38)(H,34,35)(H,32,36,37);3*3-14H,1-2H3,(H,32,37)(H,33,34)(H,31,35,36). The summed E-state index contributed by atoms with van der Waals surface area (Å²) in [6, 6.07) is 40.6. The van der Waals surface area contributed by atoms with Crippen LogP contribution in [0, 0.1) is 46.9 Å². The van der Waals surface area contributed by atoms with Crippen LogP contribution in [-0.4, -0.2) is 164 Å². The highest BCUT2D eigenvalue weighted by Crippen LogP contribution is 2.41. The highest BCUT2D eigenvalue weighted by molar-refractivity contribution is 6.04. The van der Waals surface area contributed by atoms with E-state index in [0.717, 1.165) is 99.3 Å². The Hall–Kier alpha value is -20.0. The number of rotatable bonds is 21. The number of imidazole rings is 4. The largest absolute Gasteiger partial charge is 0.335 e. The van der Waals surface area contributed by atoms with Gasteiger partial charge >= 0.3 is 0 Å². The number of aromatic amines is 8. The zero-order valence-corrected chi connectivity index (χ0v) is 80.5. The molecular formula is C109H86F4N32O4.